The van der Waals surface area contributed by atoms with Crippen molar-refractivity contribution in [3.05, 3.63) is 99.6 Å². The Morgan fingerprint density at radius 2 is 1.56 bits per heavy atom. The Labute approximate surface area is 485 Å². The molecule has 19 heteroatoms. The topological polar surface area (TPSA) is 201 Å². The average Bonchev–Trinajstić information content (AvgIpc) is 3.98. The molecule has 5 fully saturated rings. The molecule has 1 aromatic heterocycles. The maximum atomic E-state index is 14.8. The number of hydrogen-bond acceptors (Lipinski definition) is 12. The molecule has 81 heavy (non-hydrogen) atoms. The molecule has 5 heterocycles. The van der Waals surface area contributed by atoms with E-state index in [9.17, 15) is 38.7 Å². The summed E-state index contributed by atoms with van der Waals surface area (Å²) >= 11 is 7.78. The number of thiazole rings is 1. The number of hydrogen-bond donors (Lipinski definition) is 4. The van der Waals surface area contributed by atoms with Crippen LogP contribution >= 0.6 is 22.9 Å². The number of aromatic nitrogens is 1. The van der Waals surface area contributed by atoms with Gasteiger partial charge in [0.15, 0.2) is 5.67 Å². The van der Waals surface area contributed by atoms with Crippen molar-refractivity contribution in [3.63, 3.8) is 0 Å². The van der Waals surface area contributed by atoms with E-state index < -0.39 is 53.0 Å². The van der Waals surface area contributed by atoms with Crippen LogP contribution in [0.25, 0.3) is 10.4 Å². The first-order valence-electron chi connectivity index (χ1n) is 29.2. The number of halogens is 2. The first kappa shape index (κ1) is 59.5. The number of β-amino-alcohol motifs (C(OH)–C–C–N with tert-alkyl or cyclic N) is 1. The van der Waals surface area contributed by atoms with Gasteiger partial charge in [-0.05, 0) is 105 Å². The second-order valence-electron chi connectivity index (χ2n) is 24.1. The molecule has 2 bridgehead atoms. The zero-order chi connectivity index (χ0) is 57.4. The summed E-state index contributed by atoms with van der Waals surface area (Å²) in [7, 11) is 0. The maximum Gasteiger partial charge on any atom is 0.258 e. The number of nitriles is 1. The predicted octanol–water partition coefficient (Wildman–Crippen LogP) is 9.07. The van der Waals surface area contributed by atoms with Crippen LogP contribution in [0.5, 0.6) is 5.75 Å². The lowest BCUT2D eigenvalue weighted by molar-refractivity contribution is -0.145. The average molecular weight is 1150 g/mol. The lowest BCUT2D eigenvalue weighted by Crippen LogP contribution is -2.59. The third-order valence-corrected chi connectivity index (χ3v) is 18.3. The van der Waals surface area contributed by atoms with E-state index in [4.69, 9.17) is 16.3 Å². The van der Waals surface area contributed by atoms with Gasteiger partial charge in [0.1, 0.15) is 30.0 Å². The van der Waals surface area contributed by atoms with Crippen LogP contribution in [-0.2, 0) is 19.2 Å². The summed E-state index contributed by atoms with van der Waals surface area (Å²) in [6.45, 7) is 12.6. The molecule has 1 saturated carbocycles. The molecule has 4 saturated heterocycles. The van der Waals surface area contributed by atoms with Gasteiger partial charge in [-0.2, -0.15) is 5.26 Å². The molecular formula is C62H79ClFN9O7S. The molecule has 434 valence electrons. The van der Waals surface area contributed by atoms with Gasteiger partial charge in [0.2, 0.25) is 17.7 Å². The monoisotopic (exact) mass is 1150 g/mol. The smallest absolute Gasteiger partial charge is 0.258 e. The van der Waals surface area contributed by atoms with Gasteiger partial charge >= 0.3 is 0 Å². The zero-order valence-electron chi connectivity index (χ0n) is 47.3. The second kappa shape index (κ2) is 26.4. The summed E-state index contributed by atoms with van der Waals surface area (Å²) in [6, 6.07) is 20.4. The Morgan fingerprint density at radius 3 is 2.17 bits per heavy atom. The minimum Gasteiger partial charge on any atom is -0.490 e. The van der Waals surface area contributed by atoms with Gasteiger partial charge < -0.3 is 40.5 Å². The van der Waals surface area contributed by atoms with E-state index in [1.165, 1.54) is 22.7 Å². The number of likely N-dealkylation sites (tertiary alicyclic amines) is 1. The molecule has 5 amide bonds. The number of ether oxygens (including phenoxy) is 1. The molecule has 4 aliphatic heterocycles. The number of unbranched alkanes of at least 4 members (excludes halogenated alkanes) is 6. The van der Waals surface area contributed by atoms with E-state index in [1.54, 1.807) is 44.5 Å². The summed E-state index contributed by atoms with van der Waals surface area (Å²) in [5, 5.41) is 29.1. The summed E-state index contributed by atoms with van der Waals surface area (Å²) in [5.41, 5.74) is 3.84. The van der Waals surface area contributed by atoms with Crippen molar-refractivity contribution >= 4 is 58.2 Å². The van der Waals surface area contributed by atoms with Crippen molar-refractivity contribution in [2.45, 2.75) is 172 Å². The highest BCUT2D eigenvalue weighted by atomic mass is 35.5. The Bertz CT molecular complexity index is 2890. The van der Waals surface area contributed by atoms with Crippen LogP contribution in [0, 0.1) is 23.7 Å². The quantitative estimate of drug-likeness (QED) is 0.0517. The normalized spacial score (nSPS) is 22.1. The fourth-order valence-electron chi connectivity index (χ4n) is 12.1. The van der Waals surface area contributed by atoms with Crippen molar-refractivity contribution in [2.75, 3.05) is 50.7 Å². The van der Waals surface area contributed by atoms with E-state index in [1.807, 2.05) is 43.3 Å². The highest BCUT2D eigenvalue weighted by Crippen LogP contribution is 2.41. The van der Waals surface area contributed by atoms with Crippen LogP contribution in [0.1, 0.15) is 150 Å². The van der Waals surface area contributed by atoms with Crippen molar-refractivity contribution in [1.29, 1.82) is 5.26 Å². The van der Waals surface area contributed by atoms with Crippen molar-refractivity contribution in [2.24, 2.45) is 5.41 Å². The lowest BCUT2D eigenvalue weighted by atomic mass is 9.85. The van der Waals surface area contributed by atoms with Gasteiger partial charge in [-0.3, -0.25) is 28.9 Å². The molecule has 1 unspecified atom stereocenters. The fourth-order valence-corrected chi connectivity index (χ4v) is 13.1. The summed E-state index contributed by atoms with van der Waals surface area (Å²) in [5.74, 6) is -1.43. The van der Waals surface area contributed by atoms with Crippen molar-refractivity contribution in [1.82, 2.24) is 35.6 Å². The van der Waals surface area contributed by atoms with Gasteiger partial charge in [0.25, 0.3) is 11.8 Å². The highest BCUT2D eigenvalue weighted by molar-refractivity contribution is 7.13. The summed E-state index contributed by atoms with van der Waals surface area (Å²) in [4.78, 5) is 82.2. The minimum absolute atomic E-state index is 0.00388. The molecule has 9 rings (SSSR count). The number of alkyl halides is 1. The van der Waals surface area contributed by atoms with Crippen molar-refractivity contribution < 1.29 is 38.2 Å². The predicted molar refractivity (Wildman–Crippen MR) is 312 cm³/mol. The lowest BCUT2D eigenvalue weighted by Gasteiger charge is -2.39. The molecule has 3 aromatic carbocycles. The summed E-state index contributed by atoms with van der Waals surface area (Å²) in [6.07, 6.45) is 10.1. The number of piperidine rings is 1. The third-order valence-electron chi connectivity index (χ3n) is 17.0. The number of aliphatic hydroxyl groups is 1. The number of anilines is 1. The van der Waals surface area contributed by atoms with Gasteiger partial charge in [-0.1, -0.05) is 88.7 Å². The number of nitrogens with one attached hydrogen (secondary N) is 3. The molecule has 1 aliphatic carbocycles. The number of aryl methyl sites for hydroxylation is 1. The molecule has 0 spiro atoms. The molecule has 4 N–H and O–H groups in total. The Morgan fingerprint density at radius 1 is 0.889 bits per heavy atom. The van der Waals surface area contributed by atoms with Crippen LogP contribution in [0.15, 0.2) is 72.2 Å². The standard InChI is InChI=1S/C62H79ClFN9O7S/c1-40-55(81-39-67-40)42-14-12-41(13-15-42)52(68-57(76)53-34-48(74)38-72(53)59(78)56(61(2,3)4)69-60(79)62(64)24-25-62)36-54(75)66-26-10-8-6-5-7-9-11-27-70-28-30-71(31-29-70)45-19-16-43(17-20-45)58(77)73-46-21-22-47(73)33-50(32-46)80-49-23-18-44(37-65)51(63)35-49/h12-20,23,35,39,46-48,50,52-53,56,74H,5-11,21-22,24-34,36,38H2,1-4H3,(H,66,75)(H,68,76)(H,69,79)/t46-,47+,48-,50?,52+,53+,56-/m1/s1. The van der Waals surface area contributed by atoms with Crippen LogP contribution in [0.4, 0.5) is 10.1 Å². The molecule has 16 nitrogen and oxygen atoms in total. The minimum atomic E-state index is -2.00. The highest BCUT2D eigenvalue weighted by Gasteiger charge is 2.53. The largest absolute Gasteiger partial charge is 0.490 e. The number of aliphatic hydroxyl groups excluding tert-OH is 1. The Balaban J connectivity index is 0.667. The number of rotatable bonds is 23. The van der Waals surface area contributed by atoms with Crippen LogP contribution < -0.4 is 25.6 Å². The summed E-state index contributed by atoms with van der Waals surface area (Å²) < 4.78 is 21.1. The van der Waals surface area contributed by atoms with E-state index in [2.05, 4.69) is 53.8 Å². The third kappa shape index (κ3) is 14.9. The molecular weight excluding hydrogens is 1070 g/mol. The van der Waals surface area contributed by atoms with Gasteiger partial charge in [-0.25, -0.2) is 9.37 Å². The Kier molecular flexibility index (Phi) is 19.4. The number of carbonyl (C=O) groups excluding carboxylic acids is 5. The first-order valence-corrected chi connectivity index (χ1v) is 30.5. The SMILES string of the molecule is Cc1ncsc1-c1ccc([C@H](CC(=O)NCCCCCCCCCN2CCN(c3ccc(C(=O)N4[C@@H]5CC[C@H]4CC(Oc4ccc(C#N)c(Cl)c4)C5)cc3)CC2)NC(=O)[C@@H]2C[C@@H](O)CN2C(=O)[C@@H](NC(=O)C2(F)CC2)C(C)(C)C)cc1. The van der Waals surface area contributed by atoms with Gasteiger partial charge in [0.05, 0.1) is 45.2 Å². The van der Waals surface area contributed by atoms with E-state index >= 15 is 0 Å². The van der Waals surface area contributed by atoms with Crippen LogP contribution in [-0.4, -0.2) is 142 Å². The maximum absolute atomic E-state index is 14.8. The Hall–Kier alpha value is -6.13. The number of amides is 5. The molecule has 0 radical (unpaired) electrons. The second-order valence-corrected chi connectivity index (χ2v) is 25.3. The van der Waals surface area contributed by atoms with Gasteiger partial charge in [0, 0.05) is 87.9 Å². The number of carbonyl (C=O) groups is 5. The molecule has 7 atom stereocenters. The van der Waals surface area contributed by atoms with Crippen LogP contribution in [0.2, 0.25) is 5.02 Å². The number of piperazine rings is 1. The van der Waals surface area contributed by atoms with E-state index in [0.29, 0.717) is 28.4 Å². The van der Waals surface area contributed by atoms with Gasteiger partial charge in [-0.15, -0.1) is 11.3 Å². The van der Waals surface area contributed by atoms with E-state index in [-0.39, 0.29) is 62.2 Å². The fraction of sp³-hybridized carbons (Fsp3) is 0.565. The van der Waals surface area contributed by atoms with Crippen LogP contribution in [0.3, 0.4) is 0 Å². The number of benzene rings is 3. The molecule has 5 aliphatic rings. The number of nitrogens with zero attached hydrogens (tertiary/aromatic N) is 6. The zero-order valence-corrected chi connectivity index (χ0v) is 48.8. The van der Waals surface area contributed by atoms with E-state index in [0.717, 1.165) is 124 Å². The molecule has 4 aromatic rings. The number of fused-ring (bicyclic) bond motifs is 2. The first-order chi connectivity index (χ1) is 38.9. The van der Waals surface area contributed by atoms with Crippen molar-refractivity contribution in [3.8, 4) is 22.3 Å².